The molecule has 0 bridgehead atoms. The largest absolute Gasteiger partial charge is 0.497 e. The molecule has 2 aromatic carbocycles. The molecule has 0 fully saturated rings. The van der Waals surface area contributed by atoms with E-state index in [1.165, 1.54) is 5.56 Å². The van der Waals surface area contributed by atoms with Gasteiger partial charge in [-0.15, -0.1) is 0 Å². The minimum absolute atomic E-state index is 0.116. The molecule has 0 spiro atoms. The van der Waals surface area contributed by atoms with Crippen LogP contribution in [0.1, 0.15) is 31.4 Å². The summed E-state index contributed by atoms with van der Waals surface area (Å²) >= 11 is 0. The molecule has 2 rings (SSSR count). The molecular weight excluding hydrogens is 334 g/mol. The lowest BCUT2D eigenvalue weighted by atomic mass is 9.77. The van der Waals surface area contributed by atoms with E-state index in [-0.39, 0.29) is 5.92 Å². The van der Waals surface area contributed by atoms with Crippen molar-refractivity contribution in [3.8, 4) is 5.75 Å². The average Bonchev–Trinajstić information content (AvgIpc) is 2.66. The molecule has 0 aliphatic heterocycles. The second-order valence-electron chi connectivity index (χ2n) is 7.67. The maximum atomic E-state index is 11.7. The third-order valence-corrected chi connectivity index (χ3v) is 5.27. The number of hydrogen-bond acceptors (Lipinski definition) is 3. The summed E-state index contributed by atoms with van der Waals surface area (Å²) in [7, 11) is 5.77. The Bertz CT molecular complexity index is 722. The molecule has 0 saturated heterocycles. The summed E-state index contributed by atoms with van der Waals surface area (Å²) in [6.07, 6.45) is 3.64. The van der Waals surface area contributed by atoms with E-state index >= 15 is 0 Å². The van der Waals surface area contributed by atoms with Crippen molar-refractivity contribution in [2.45, 2.75) is 32.3 Å². The normalized spacial score (nSPS) is 15.4. The first-order chi connectivity index (χ1) is 12.8. The van der Waals surface area contributed by atoms with Crippen molar-refractivity contribution < 1.29 is 9.84 Å². The number of aliphatic hydroxyl groups is 1. The van der Waals surface area contributed by atoms with Crippen molar-refractivity contribution in [2.75, 3.05) is 27.7 Å². The van der Waals surface area contributed by atoms with Gasteiger partial charge in [-0.3, -0.25) is 0 Å². The Morgan fingerprint density at radius 1 is 1.11 bits per heavy atom. The molecular formula is C24H33NO2. The summed E-state index contributed by atoms with van der Waals surface area (Å²) in [5, 5.41) is 11.7. The van der Waals surface area contributed by atoms with Crippen LogP contribution < -0.4 is 4.74 Å². The number of methoxy groups -OCH3 is 1. The molecule has 2 atom stereocenters. The zero-order valence-corrected chi connectivity index (χ0v) is 17.3. The minimum Gasteiger partial charge on any atom is -0.497 e. The first-order valence-corrected chi connectivity index (χ1v) is 9.59. The van der Waals surface area contributed by atoms with Crippen LogP contribution >= 0.6 is 0 Å². The summed E-state index contributed by atoms with van der Waals surface area (Å²) < 4.78 is 5.24. The summed E-state index contributed by atoms with van der Waals surface area (Å²) in [6, 6.07) is 18.3. The van der Waals surface area contributed by atoms with Crippen molar-refractivity contribution >= 4 is 6.08 Å². The molecule has 0 saturated carbocycles. The maximum absolute atomic E-state index is 11.7. The highest BCUT2D eigenvalue weighted by atomic mass is 16.5. The molecule has 0 aliphatic carbocycles. The third kappa shape index (κ3) is 5.95. The maximum Gasteiger partial charge on any atom is 0.118 e. The molecule has 3 heteroatoms. The molecule has 0 heterocycles. The van der Waals surface area contributed by atoms with Gasteiger partial charge in [0.25, 0.3) is 0 Å². The van der Waals surface area contributed by atoms with E-state index in [1.807, 2.05) is 37.3 Å². The predicted molar refractivity (Wildman–Crippen MR) is 114 cm³/mol. The summed E-state index contributed by atoms with van der Waals surface area (Å²) in [5.41, 5.74) is 2.46. The average molecular weight is 368 g/mol. The predicted octanol–water partition coefficient (Wildman–Crippen LogP) is 4.66. The van der Waals surface area contributed by atoms with Crippen LogP contribution in [0, 0.1) is 5.92 Å². The second-order valence-corrected chi connectivity index (χ2v) is 7.67. The van der Waals surface area contributed by atoms with Crippen LogP contribution in [-0.2, 0) is 6.42 Å². The molecule has 0 radical (unpaired) electrons. The quantitative estimate of drug-likeness (QED) is 0.700. The van der Waals surface area contributed by atoms with Crippen LogP contribution in [0.2, 0.25) is 0 Å². The van der Waals surface area contributed by atoms with Gasteiger partial charge >= 0.3 is 0 Å². The lowest BCUT2D eigenvalue weighted by Gasteiger charge is -2.37. The lowest BCUT2D eigenvalue weighted by molar-refractivity contribution is 0.00732. The van der Waals surface area contributed by atoms with Gasteiger partial charge in [0.2, 0.25) is 0 Å². The van der Waals surface area contributed by atoms with Crippen molar-refractivity contribution in [3.63, 3.8) is 0 Å². The Morgan fingerprint density at radius 2 is 1.74 bits per heavy atom. The number of rotatable bonds is 9. The molecule has 146 valence electrons. The summed E-state index contributed by atoms with van der Waals surface area (Å²) in [6.45, 7) is 5.01. The highest BCUT2D eigenvalue weighted by molar-refractivity contribution is 5.55. The van der Waals surface area contributed by atoms with Gasteiger partial charge in [-0.1, -0.05) is 55.5 Å². The van der Waals surface area contributed by atoms with Gasteiger partial charge in [0.15, 0.2) is 0 Å². The molecule has 0 amide bonds. The highest BCUT2D eigenvalue weighted by Crippen LogP contribution is 2.33. The fourth-order valence-electron chi connectivity index (χ4n) is 3.59. The molecule has 2 aromatic rings. The van der Waals surface area contributed by atoms with Crippen LogP contribution in [0.5, 0.6) is 5.75 Å². The summed E-state index contributed by atoms with van der Waals surface area (Å²) in [4.78, 5) is 2.14. The van der Waals surface area contributed by atoms with Gasteiger partial charge in [-0.2, -0.15) is 0 Å². The third-order valence-electron chi connectivity index (χ3n) is 5.27. The van der Waals surface area contributed by atoms with E-state index in [0.717, 1.165) is 29.9 Å². The second kappa shape index (κ2) is 9.72. The van der Waals surface area contributed by atoms with Crippen LogP contribution in [0.15, 0.2) is 60.2 Å². The van der Waals surface area contributed by atoms with Crippen molar-refractivity contribution in [1.82, 2.24) is 4.90 Å². The molecule has 3 nitrogen and oxygen atoms in total. The molecule has 27 heavy (non-hydrogen) atoms. The van der Waals surface area contributed by atoms with E-state index in [2.05, 4.69) is 56.3 Å². The van der Waals surface area contributed by atoms with E-state index in [0.29, 0.717) is 6.42 Å². The van der Waals surface area contributed by atoms with Gasteiger partial charge < -0.3 is 14.7 Å². The van der Waals surface area contributed by atoms with Crippen molar-refractivity contribution in [3.05, 3.63) is 71.3 Å². The van der Waals surface area contributed by atoms with Crippen molar-refractivity contribution in [1.29, 1.82) is 0 Å². The highest BCUT2D eigenvalue weighted by Gasteiger charge is 2.35. The zero-order chi connectivity index (χ0) is 19.9. The van der Waals surface area contributed by atoms with Crippen LogP contribution in [0.4, 0.5) is 0 Å². The topological polar surface area (TPSA) is 32.7 Å². The number of aryl methyl sites for hydroxylation is 1. The fourth-order valence-corrected chi connectivity index (χ4v) is 3.59. The first kappa shape index (κ1) is 21.2. The number of nitrogens with zero attached hydrogens (tertiary/aromatic N) is 1. The molecule has 1 N–H and O–H groups in total. The van der Waals surface area contributed by atoms with E-state index in [9.17, 15) is 5.11 Å². The SMILES string of the molecule is COc1ccc(C=C(C)C(O)(CCc2ccccc2)C(C)CN(C)C)cc1. The lowest BCUT2D eigenvalue weighted by Crippen LogP contribution is -2.43. The number of hydrogen-bond donors (Lipinski definition) is 1. The van der Waals surface area contributed by atoms with Crippen LogP contribution in [0.25, 0.3) is 6.08 Å². The molecule has 0 aromatic heterocycles. The van der Waals surface area contributed by atoms with Gasteiger partial charge in [-0.25, -0.2) is 0 Å². The van der Waals surface area contributed by atoms with Gasteiger partial charge in [-0.05, 0) is 62.7 Å². The Labute approximate surface area is 164 Å². The summed E-state index contributed by atoms with van der Waals surface area (Å²) in [5.74, 6) is 0.954. The number of benzene rings is 2. The zero-order valence-electron chi connectivity index (χ0n) is 17.3. The number of ether oxygens (including phenoxy) is 1. The van der Waals surface area contributed by atoms with E-state index < -0.39 is 5.60 Å². The Hall–Kier alpha value is -2.10. The first-order valence-electron chi connectivity index (χ1n) is 9.59. The van der Waals surface area contributed by atoms with E-state index in [1.54, 1.807) is 7.11 Å². The molecule has 2 unspecified atom stereocenters. The van der Waals surface area contributed by atoms with E-state index in [4.69, 9.17) is 4.74 Å². The van der Waals surface area contributed by atoms with Gasteiger partial charge in [0.1, 0.15) is 5.75 Å². The van der Waals surface area contributed by atoms with Gasteiger partial charge in [0, 0.05) is 12.5 Å². The Morgan fingerprint density at radius 3 is 2.30 bits per heavy atom. The standard InChI is InChI=1S/C24H33NO2/c1-19(17-22-11-13-23(27-5)14-12-22)24(26,20(2)18-25(3)4)16-15-21-9-7-6-8-10-21/h6-14,17,20,26H,15-16,18H2,1-5H3. The smallest absolute Gasteiger partial charge is 0.118 e. The minimum atomic E-state index is -0.861. The van der Waals surface area contributed by atoms with Crippen molar-refractivity contribution in [2.24, 2.45) is 5.92 Å². The van der Waals surface area contributed by atoms with Gasteiger partial charge in [0.05, 0.1) is 12.7 Å². The van der Waals surface area contributed by atoms with Crippen LogP contribution in [0.3, 0.4) is 0 Å². The van der Waals surface area contributed by atoms with Crippen LogP contribution in [-0.4, -0.2) is 43.4 Å². The monoisotopic (exact) mass is 367 g/mol. The Balaban J connectivity index is 2.26. The fraction of sp³-hybridized carbons (Fsp3) is 0.417. The molecule has 0 aliphatic rings. The Kier molecular flexibility index (Phi) is 7.64.